The third-order valence-electron chi connectivity index (χ3n) is 12.7. The second-order valence-corrected chi connectivity index (χ2v) is 16.2. The molecular weight excluding hydrogens is 751 g/mol. The van der Waals surface area contributed by atoms with E-state index in [0.717, 1.165) is 39.0 Å². The highest BCUT2D eigenvalue weighted by atomic mass is 15.0. The molecule has 7 aromatic carbocycles. The molecule has 0 amide bonds. The summed E-state index contributed by atoms with van der Waals surface area (Å²) in [4.78, 5) is 15.5. The number of hydrogen-bond donors (Lipinski definition) is 0. The Kier molecular flexibility index (Phi) is 9.24. The van der Waals surface area contributed by atoms with Crippen LogP contribution in [0, 0.1) is 5.92 Å². The lowest BCUT2D eigenvalue weighted by Gasteiger charge is -2.34. The molecule has 1 aromatic heterocycles. The molecule has 62 heavy (non-hydrogen) atoms. The Labute approximate surface area is 363 Å². The van der Waals surface area contributed by atoms with Crippen LogP contribution in [0.3, 0.4) is 0 Å². The van der Waals surface area contributed by atoms with Gasteiger partial charge >= 0.3 is 0 Å². The van der Waals surface area contributed by atoms with Crippen molar-refractivity contribution in [3.05, 3.63) is 257 Å². The predicted molar refractivity (Wildman–Crippen MR) is 256 cm³/mol. The molecule has 294 valence electrons. The van der Waals surface area contributed by atoms with Crippen molar-refractivity contribution in [3.63, 3.8) is 0 Å². The van der Waals surface area contributed by atoms with Crippen molar-refractivity contribution in [1.29, 1.82) is 0 Å². The molecule has 3 aliphatic carbocycles. The van der Waals surface area contributed by atoms with Crippen molar-refractivity contribution < 1.29 is 0 Å². The number of benzene rings is 7. The lowest BCUT2D eigenvalue weighted by Crippen LogP contribution is -2.28. The van der Waals surface area contributed by atoms with Gasteiger partial charge in [0.05, 0.1) is 5.41 Å². The maximum Gasteiger partial charge on any atom is 0.164 e. The van der Waals surface area contributed by atoms with E-state index in [1.54, 1.807) is 0 Å². The fraction of sp³-hybridized carbons (Fsp3) is 0.0678. The summed E-state index contributed by atoms with van der Waals surface area (Å²) in [6, 6.07) is 64.8. The summed E-state index contributed by atoms with van der Waals surface area (Å²) in [5, 5.41) is 0. The highest BCUT2D eigenvalue weighted by molar-refractivity contribution is 6.02. The number of hydrogen-bond acceptors (Lipinski definition) is 3. The Morgan fingerprint density at radius 1 is 0.468 bits per heavy atom. The van der Waals surface area contributed by atoms with Crippen LogP contribution >= 0.6 is 0 Å². The van der Waals surface area contributed by atoms with Gasteiger partial charge in [-0.1, -0.05) is 219 Å². The molecule has 1 atom stereocenters. The minimum absolute atomic E-state index is 0.168. The predicted octanol–water partition coefficient (Wildman–Crippen LogP) is 14.4. The molecule has 0 N–H and O–H groups in total. The third kappa shape index (κ3) is 6.00. The summed E-state index contributed by atoms with van der Waals surface area (Å²) in [6.45, 7) is 4.43. The molecule has 0 saturated carbocycles. The van der Waals surface area contributed by atoms with Crippen molar-refractivity contribution in [2.75, 3.05) is 0 Å². The van der Waals surface area contributed by atoms with Gasteiger partial charge in [0.15, 0.2) is 17.5 Å². The summed E-state index contributed by atoms with van der Waals surface area (Å²) < 4.78 is 0. The average Bonchev–Trinajstić information content (AvgIpc) is 3.80. The molecule has 11 rings (SSSR count). The van der Waals surface area contributed by atoms with Crippen molar-refractivity contribution in [2.45, 2.75) is 19.3 Å². The van der Waals surface area contributed by atoms with Gasteiger partial charge in [-0.3, -0.25) is 0 Å². The van der Waals surface area contributed by atoms with Gasteiger partial charge in [-0.15, -0.1) is 0 Å². The fourth-order valence-corrected chi connectivity index (χ4v) is 9.95. The third-order valence-corrected chi connectivity index (χ3v) is 12.7. The molecule has 1 heterocycles. The van der Waals surface area contributed by atoms with E-state index >= 15 is 0 Å². The molecular formula is C59H43N3. The maximum absolute atomic E-state index is 5.23. The van der Waals surface area contributed by atoms with Gasteiger partial charge in [0.2, 0.25) is 0 Å². The van der Waals surface area contributed by atoms with Crippen molar-refractivity contribution in [3.8, 4) is 56.4 Å². The van der Waals surface area contributed by atoms with Crippen LogP contribution in [0.5, 0.6) is 0 Å². The summed E-state index contributed by atoms with van der Waals surface area (Å²) in [5.74, 6) is 2.08. The van der Waals surface area contributed by atoms with Crippen LogP contribution in [0.15, 0.2) is 230 Å². The highest BCUT2D eigenvalue weighted by Gasteiger charge is 2.54. The van der Waals surface area contributed by atoms with E-state index < -0.39 is 5.41 Å². The summed E-state index contributed by atoms with van der Waals surface area (Å²) in [6.07, 6.45) is 13.8. The van der Waals surface area contributed by atoms with Gasteiger partial charge in [0.1, 0.15) is 0 Å². The molecule has 0 aliphatic heterocycles. The first-order valence-electron chi connectivity index (χ1n) is 21.5. The minimum Gasteiger partial charge on any atom is -0.208 e. The summed E-state index contributed by atoms with van der Waals surface area (Å²) in [5.41, 5.74) is 18.7. The van der Waals surface area contributed by atoms with Crippen LogP contribution in [-0.2, 0) is 5.41 Å². The standard InChI is InChI=1S/C59H43N3/c1-3-4-26-49-48-30-15-18-34-54(48)59(52-32-16-13-28-46(52)47-29-14-17-33-53(47)59)55(49)51-38-43(36-35-39(51)2)42-24-19-25-44(37-42)57-60-56(41-22-9-6-10-23-41)61-58(62-57)50-31-12-11-27-45(50)40-20-7-5-8-21-40/h3-39H,1-2H3/b4-3-,49-26-,55-51-. The number of nitrogens with zero attached hydrogens (tertiary/aromatic N) is 3. The van der Waals surface area contributed by atoms with Crippen LogP contribution in [0.2, 0.25) is 0 Å². The van der Waals surface area contributed by atoms with Gasteiger partial charge in [0.25, 0.3) is 0 Å². The SMILES string of the molecule is C\C=C/C=C1\C(=C2/C=C(c3cccc(-c4nc(-c5ccccc5)nc(-c5ccccc5-c5ccccc5)n4)c3)C=CC2C)C2(c3ccccc31)c1ccccc1-c1ccccc12. The van der Waals surface area contributed by atoms with E-state index in [2.05, 4.69) is 208 Å². The second kappa shape index (κ2) is 15.4. The summed E-state index contributed by atoms with van der Waals surface area (Å²) in [7, 11) is 0. The number of fused-ring (bicyclic) bond motifs is 7. The lowest BCUT2D eigenvalue weighted by atomic mass is 9.67. The zero-order valence-electron chi connectivity index (χ0n) is 34.7. The lowest BCUT2D eigenvalue weighted by molar-refractivity contribution is 0.758. The molecule has 3 aliphatic rings. The maximum atomic E-state index is 5.23. The quantitative estimate of drug-likeness (QED) is 0.168. The second-order valence-electron chi connectivity index (χ2n) is 16.2. The first kappa shape index (κ1) is 37.3. The molecule has 0 radical (unpaired) electrons. The Morgan fingerprint density at radius 3 is 1.63 bits per heavy atom. The van der Waals surface area contributed by atoms with Crippen molar-refractivity contribution in [2.24, 2.45) is 5.92 Å². The van der Waals surface area contributed by atoms with Crippen LogP contribution in [0.4, 0.5) is 0 Å². The smallest absolute Gasteiger partial charge is 0.164 e. The van der Waals surface area contributed by atoms with Crippen molar-refractivity contribution in [1.82, 2.24) is 15.0 Å². The number of aromatic nitrogens is 3. The zero-order chi connectivity index (χ0) is 41.6. The van der Waals surface area contributed by atoms with Gasteiger partial charge in [-0.25, -0.2) is 15.0 Å². The summed E-state index contributed by atoms with van der Waals surface area (Å²) >= 11 is 0. The van der Waals surface area contributed by atoms with E-state index in [1.807, 2.05) is 24.3 Å². The molecule has 0 bridgehead atoms. The topological polar surface area (TPSA) is 38.7 Å². The Hall–Kier alpha value is -7.75. The first-order valence-corrected chi connectivity index (χ1v) is 21.5. The van der Waals surface area contributed by atoms with Crippen LogP contribution in [-0.4, -0.2) is 15.0 Å². The van der Waals surface area contributed by atoms with Crippen LogP contribution in [0.25, 0.3) is 67.6 Å². The zero-order valence-corrected chi connectivity index (χ0v) is 34.7. The normalized spacial score (nSPS) is 17.6. The van der Waals surface area contributed by atoms with E-state index in [9.17, 15) is 0 Å². The average molecular weight is 794 g/mol. The number of allylic oxidation sites excluding steroid dienone is 10. The monoisotopic (exact) mass is 793 g/mol. The van der Waals surface area contributed by atoms with Crippen molar-refractivity contribution >= 4 is 11.1 Å². The van der Waals surface area contributed by atoms with Gasteiger partial charge in [-0.2, -0.15) is 0 Å². The highest BCUT2D eigenvalue weighted by Crippen LogP contribution is 2.65. The molecule has 3 nitrogen and oxygen atoms in total. The molecule has 1 spiro atoms. The van der Waals surface area contributed by atoms with Gasteiger partial charge in [0, 0.05) is 16.7 Å². The fourth-order valence-electron chi connectivity index (χ4n) is 9.95. The molecule has 0 fully saturated rings. The molecule has 0 saturated heterocycles. The Balaban J connectivity index is 1.11. The minimum atomic E-state index is -0.472. The van der Waals surface area contributed by atoms with E-state index in [4.69, 9.17) is 15.0 Å². The Morgan fingerprint density at radius 2 is 0.968 bits per heavy atom. The molecule has 1 unspecified atom stereocenters. The van der Waals surface area contributed by atoms with Crippen LogP contribution in [0.1, 0.15) is 41.7 Å². The van der Waals surface area contributed by atoms with E-state index in [-0.39, 0.29) is 5.92 Å². The molecule has 8 aromatic rings. The van der Waals surface area contributed by atoms with Gasteiger partial charge in [-0.05, 0) is 91.3 Å². The van der Waals surface area contributed by atoms with E-state index in [1.165, 1.54) is 50.1 Å². The first-order chi connectivity index (χ1) is 30.6. The number of rotatable bonds is 6. The Bertz CT molecular complexity index is 3150. The van der Waals surface area contributed by atoms with Crippen LogP contribution < -0.4 is 0 Å². The molecule has 3 heteroatoms. The largest absolute Gasteiger partial charge is 0.208 e. The van der Waals surface area contributed by atoms with E-state index in [0.29, 0.717) is 17.5 Å². The van der Waals surface area contributed by atoms with Gasteiger partial charge < -0.3 is 0 Å².